The van der Waals surface area contributed by atoms with Gasteiger partial charge >= 0.3 is 0 Å². The highest BCUT2D eigenvalue weighted by atomic mass is 35.5. The van der Waals surface area contributed by atoms with Crippen LogP contribution >= 0.6 is 11.6 Å². The fourth-order valence-electron chi connectivity index (χ4n) is 2.25. The number of carbonyl (C=O) groups excluding carboxylic acids is 1. The summed E-state index contributed by atoms with van der Waals surface area (Å²) in [5, 5.41) is 15.2. The van der Waals surface area contributed by atoms with Crippen LogP contribution in [0.4, 0.5) is 10.1 Å². The summed E-state index contributed by atoms with van der Waals surface area (Å²) in [6, 6.07) is 11.1. The molecule has 24 heavy (non-hydrogen) atoms. The van der Waals surface area contributed by atoms with Gasteiger partial charge in [-0.25, -0.2) is 9.07 Å². The van der Waals surface area contributed by atoms with E-state index < -0.39 is 10.7 Å². The van der Waals surface area contributed by atoms with Crippen LogP contribution in [0.15, 0.2) is 48.5 Å². The Balaban J connectivity index is 2.17. The summed E-state index contributed by atoms with van der Waals surface area (Å²) < 4.78 is 14.3. The molecule has 0 unspecified atom stereocenters. The first-order chi connectivity index (χ1) is 11.5. The molecule has 8 heteroatoms. The van der Waals surface area contributed by atoms with Crippen molar-refractivity contribution in [2.45, 2.75) is 0 Å². The van der Waals surface area contributed by atoms with E-state index in [4.69, 9.17) is 11.6 Å². The normalized spacial score (nSPS) is 10.6. The average molecular weight is 346 g/mol. The van der Waals surface area contributed by atoms with Crippen LogP contribution in [0.3, 0.4) is 0 Å². The van der Waals surface area contributed by atoms with Gasteiger partial charge in [-0.3, -0.25) is 14.9 Å². The maximum atomic E-state index is 13.1. The monoisotopic (exact) mass is 345 g/mol. The van der Waals surface area contributed by atoms with Crippen molar-refractivity contribution in [1.29, 1.82) is 0 Å². The van der Waals surface area contributed by atoms with Crippen LogP contribution in [0.1, 0.15) is 10.4 Å². The van der Waals surface area contributed by atoms with Gasteiger partial charge in [0.05, 0.1) is 16.2 Å². The average Bonchev–Trinajstić information content (AvgIpc) is 2.92. The van der Waals surface area contributed by atoms with E-state index in [1.54, 1.807) is 6.07 Å². The van der Waals surface area contributed by atoms with E-state index in [1.165, 1.54) is 47.1 Å². The van der Waals surface area contributed by atoms with Gasteiger partial charge in [-0.2, -0.15) is 5.10 Å². The highest BCUT2D eigenvalue weighted by Gasteiger charge is 2.20. The Morgan fingerprint density at radius 3 is 2.54 bits per heavy atom. The lowest BCUT2D eigenvalue weighted by Gasteiger charge is -2.02. The zero-order chi connectivity index (χ0) is 17.3. The first-order valence-corrected chi connectivity index (χ1v) is 7.13. The lowest BCUT2D eigenvalue weighted by molar-refractivity contribution is -0.384. The molecule has 0 bridgehead atoms. The third-order valence-corrected chi connectivity index (χ3v) is 3.75. The fourth-order valence-corrected chi connectivity index (χ4v) is 2.52. The van der Waals surface area contributed by atoms with E-state index in [0.29, 0.717) is 17.5 Å². The molecule has 1 heterocycles. The minimum Gasteiger partial charge on any atom is -0.298 e. The zero-order valence-electron chi connectivity index (χ0n) is 12.0. The second-order valence-electron chi connectivity index (χ2n) is 4.87. The van der Waals surface area contributed by atoms with Crippen LogP contribution < -0.4 is 0 Å². The van der Waals surface area contributed by atoms with Crippen LogP contribution in [0.25, 0.3) is 16.9 Å². The minimum atomic E-state index is -0.539. The molecule has 0 fully saturated rings. The Hall–Kier alpha value is -3.06. The van der Waals surface area contributed by atoms with Gasteiger partial charge in [0.2, 0.25) is 0 Å². The lowest BCUT2D eigenvalue weighted by atomic mass is 10.1. The number of aldehydes is 1. The first kappa shape index (κ1) is 15.8. The molecule has 3 aromatic rings. The van der Waals surface area contributed by atoms with Crippen LogP contribution in [0.5, 0.6) is 0 Å². The number of hydrogen-bond donors (Lipinski definition) is 0. The molecule has 120 valence electrons. The lowest BCUT2D eigenvalue weighted by Crippen LogP contribution is -1.97. The molecule has 0 aliphatic rings. The molecule has 0 atom stereocenters. The highest BCUT2D eigenvalue weighted by Crippen LogP contribution is 2.31. The van der Waals surface area contributed by atoms with Crippen molar-refractivity contribution in [2.75, 3.05) is 0 Å². The van der Waals surface area contributed by atoms with Crippen molar-refractivity contribution in [2.24, 2.45) is 0 Å². The summed E-state index contributed by atoms with van der Waals surface area (Å²) in [5.41, 5.74) is 1.02. The van der Waals surface area contributed by atoms with Gasteiger partial charge in [0.15, 0.2) is 6.29 Å². The van der Waals surface area contributed by atoms with Crippen LogP contribution in [0.2, 0.25) is 5.15 Å². The summed E-state index contributed by atoms with van der Waals surface area (Å²) in [6.07, 6.45) is 0.531. The van der Waals surface area contributed by atoms with E-state index in [2.05, 4.69) is 5.10 Å². The molecule has 0 amide bonds. The third kappa shape index (κ3) is 2.77. The molecular formula is C16H9ClFN3O3. The Bertz CT molecular complexity index is 938. The van der Waals surface area contributed by atoms with E-state index in [1.807, 2.05) is 0 Å². The third-order valence-electron chi connectivity index (χ3n) is 3.38. The Morgan fingerprint density at radius 1 is 1.21 bits per heavy atom. The molecule has 0 saturated heterocycles. The molecule has 6 nitrogen and oxygen atoms in total. The van der Waals surface area contributed by atoms with Crippen molar-refractivity contribution in [3.63, 3.8) is 0 Å². The summed E-state index contributed by atoms with van der Waals surface area (Å²) in [7, 11) is 0. The number of halogens is 2. The van der Waals surface area contributed by atoms with E-state index in [0.717, 1.165) is 0 Å². The van der Waals surface area contributed by atoms with Gasteiger partial charge in [-0.1, -0.05) is 23.7 Å². The summed E-state index contributed by atoms with van der Waals surface area (Å²) in [5.74, 6) is -0.420. The molecule has 0 N–H and O–H groups in total. The number of non-ortho nitro benzene ring substituents is 1. The number of nitro benzene ring substituents is 1. The van der Waals surface area contributed by atoms with Gasteiger partial charge in [-0.05, 0) is 24.3 Å². The molecule has 1 aromatic heterocycles. The predicted octanol–water partition coefficient (Wildman–Crippen LogP) is 4.05. The molecule has 3 rings (SSSR count). The number of rotatable bonds is 4. The maximum Gasteiger partial charge on any atom is 0.270 e. The largest absolute Gasteiger partial charge is 0.298 e. The SMILES string of the molecule is O=Cc1c(-c2cccc([N+](=O)[O-])c2)nn(-c2ccc(F)cc2)c1Cl. The topological polar surface area (TPSA) is 78.0 Å². The molecule has 0 aliphatic heterocycles. The minimum absolute atomic E-state index is 0.0399. The van der Waals surface area contributed by atoms with Crippen LogP contribution in [-0.4, -0.2) is 21.0 Å². The maximum absolute atomic E-state index is 13.1. The highest BCUT2D eigenvalue weighted by molar-refractivity contribution is 6.32. The molecule has 0 saturated carbocycles. The number of aromatic nitrogens is 2. The van der Waals surface area contributed by atoms with Gasteiger partial charge in [0.1, 0.15) is 16.7 Å². The number of nitrogens with zero attached hydrogens (tertiary/aromatic N) is 3. The van der Waals surface area contributed by atoms with Crippen LogP contribution in [0, 0.1) is 15.9 Å². The van der Waals surface area contributed by atoms with Gasteiger partial charge in [0.25, 0.3) is 5.69 Å². The number of hydrogen-bond acceptors (Lipinski definition) is 4. The van der Waals surface area contributed by atoms with Gasteiger partial charge < -0.3 is 0 Å². The molecule has 2 aromatic carbocycles. The first-order valence-electron chi connectivity index (χ1n) is 6.75. The van der Waals surface area contributed by atoms with Gasteiger partial charge in [-0.15, -0.1) is 0 Å². The van der Waals surface area contributed by atoms with E-state index in [-0.39, 0.29) is 22.1 Å². The fraction of sp³-hybridized carbons (Fsp3) is 0. The summed E-state index contributed by atoms with van der Waals surface area (Å²) in [4.78, 5) is 21.8. The number of nitro groups is 1. The van der Waals surface area contributed by atoms with Crippen molar-refractivity contribution in [3.05, 3.63) is 75.2 Å². The smallest absolute Gasteiger partial charge is 0.270 e. The van der Waals surface area contributed by atoms with Gasteiger partial charge in [0, 0.05) is 17.7 Å². The van der Waals surface area contributed by atoms with Crippen molar-refractivity contribution in [3.8, 4) is 16.9 Å². The predicted molar refractivity (Wildman–Crippen MR) is 86.0 cm³/mol. The molecule has 0 radical (unpaired) electrons. The summed E-state index contributed by atoms with van der Waals surface area (Å²) in [6.45, 7) is 0. The molecular weight excluding hydrogens is 337 g/mol. The Kier molecular flexibility index (Phi) is 4.09. The molecule has 0 aliphatic carbocycles. The number of benzene rings is 2. The quantitative estimate of drug-likeness (QED) is 0.406. The standard InChI is InChI=1S/C16H9ClFN3O3/c17-16-14(9-22)15(10-2-1-3-13(8-10)21(23)24)19-20(16)12-6-4-11(18)5-7-12/h1-9H. The second kappa shape index (κ2) is 6.21. The van der Waals surface area contributed by atoms with Crippen molar-refractivity contribution < 1.29 is 14.1 Å². The zero-order valence-corrected chi connectivity index (χ0v) is 12.8. The second-order valence-corrected chi connectivity index (χ2v) is 5.22. The van der Waals surface area contributed by atoms with Crippen molar-refractivity contribution in [1.82, 2.24) is 9.78 Å². The van der Waals surface area contributed by atoms with E-state index >= 15 is 0 Å². The van der Waals surface area contributed by atoms with Crippen LogP contribution in [-0.2, 0) is 0 Å². The number of carbonyl (C=O) groups is 1. The van der Waals surface area contributed by atoms with E-state index in [9.17, 15) is 19.3 Å². The molecule has 0 spiro atoms. The Morgan fingerprint density at radius 2 is 1.92 bits per heavy atom. The van der Waals surface area contributed by atoms with Crippen molar-refractivity contribution >= 4 is 23.6 Å². The Labute approximate surface area is 140 Å². The summed E-state index contributed by atoms with van der Waals surface area (Å²) >= 11 is 6.20.